The van der Waals surface area contributed by atoms with Crippen LogP contribution in [0.5, 0.6) is 0 Å². The van der Waals surface area contributed by atoms with E-state index >= 15 is 0 Å². The van der Waals surface area contributed by atoms with Crippen molar-refractivity contribution in [3.05, 3.63) is 29.3 Å². The van der Waals surface area contributed by atoms with E-state index < -0.39 is 5.97 Å². The highest BCUT2D eigenvalue weighted by molar-refractivity contribution is 5.95. The molecular formula is C12H14N2O2. The van der Waals surface area contributed by atoms with Gasteiger partial charge in [-0.25, -0.2) is 4.79 Å². The molecule has 0 atom stereocenters. The van der Waals surface area contributed by atoms with Crippen molar-refractivity contribution in [3.63, 3.8) is 0 Å². The molecule has 0 heterocycles. The van der Waals surface area contributed by atoms with Crippen molar-refractivity contribution in [3.8, 4) is 11.8 Å². The van der Waals surface area contributed by atoms with Gasteiger partial charge in [0.2, 0.25) is 0 Å². The Morgan fingerprint density at radius 3 is 2.88 bits per heavy atom. The minimum Gasteiger partial charge on any atom is -0.462 e. The normalized spacial score (nSPS) is 9.12. The van der Waals surface area contributed by atoms with Gasteiger partial charge >= 0.3 is 5.97 Å². The van der Waals surface area contributed by atoms with Crippen LogP contribution in [0.25, 0.3) is 0 Å². The van der Waals surface area contributed by atoms with Gasteiger partial charge in [0.25, 0.3) is 0 Å². The molecule has 1 rings (SSSR count). The average Bonchev–Trinajstić information content (AvgIpc) is 2.28. The summed E-state index contributed by atoms with van der Waals surface area (Å²) in [7, 11) is 0. The first-order valence-corrected chi connectivity index (χ1v) is 4.94. The fourth-order valence-corrected chi connectivity index (χ4v) is 1.17. The predicted molar refractivity (Wildman–Crippen MR) is 62.7 cm³/mol. The first-order chi connectivity index (χ1) is 7.69. The van der Waals surface area contributed by atoms with Crippen LogP contribution in [0.2, 0.25) is 0 Å². The molecule has 0 bridgehead atoms. The third-order valence-electron chi connectivity index (χ3n) is 1.88. The Hall–Kier alpha value is -1.99. The standard InChI is InChI=1S/C12H14N2O2/c1-2-16-12(15)10-8-9(4-3-7-13)5-6-11(10)14/h5-6,8H,2,7,13-14H2,1H3. The lowest BCUT2D eigenvalue weighted by Gasteiger charge is -2.05. The van der Waals surface area contributed by atoms with Crippen molar-refractivity contribution in [2.45, 2.75) is 6.92 Å². The van der Waals surface area contributed by atoms with Gasteiger partial charge in [0, 0.05) is 11.3 Å². The minimum absolute atomic E-state index is 0.277. The van der Waals surface area contributed by atoms with E-state index in [1.165, 1.54) is 0 Å². The Morgan fingerprint density at radius 2 is 2.25 bits per heavy atom. The number of carbonyl (C=O) groups excluding carboxylic acids is 1. The van der Waals surface area contributed by atoms with Crippen LogP contribution in [-0.2, 0) is 4.74 Å². The van der Waals surface area contributed by atoms with Crippen LogP contribution in [0.4, 0.5) is 5.69 Å². The number of nitrogens with two attached hydrogens (primary N) is 2. The molecule has 0 amide bonds. The van der Waals surface area contributed by atoms with Gasteiger partial charge in [-0.05, 0) is 25.1 Å². The van der Waals surface area contributed by atoms with E-state index in [0.717, 1.165) is 0 Å². The minimum atomic E-state index is -0.434. The summed E-state index contributed by atoms with van der Waals surface area (Å²) in [6.45, 7) is 2.34. The van der Waals surface area contributed by atoms with Crippen LogP contribution in [-0.4, -0.2) is 19.1 Å². The molecule has 0 aliphatic heterocycles. The molecule has 0 radical (unpaired) electrons. The number of esters is 1. The lowest BCUT2D eigenvalue weighted by atomic mass is 10.1. The van der Waals surface area contributed by atoms with Crippen LogP contribution in [0, 0.1) is 11.8 Å². The third-order valence-corrected chi connectivity index (χ3v) is 1.88. The first kappa shape index (κ1) is 12.1. The van der Waals surface area contributed by atoms with Gasteiger partial charge < -0.3 is 16.2 Å². The summed E-state index contributed by atoms with van der Waals surface area (Å²) in [5.41, 5.74) is 12.4. The summed E-state index contributed by atoms with van der Waals surface area (Å²) < 4.78 is 4.88. The zero-order chi connectivity index (χ0) is 12.0. The fraction of sp³-hybridized carbons (Fsp3) is 0.250. The molecular weight excluding hydrogens is 204 g/mol. The fourth-order valence-electron chi connectivity index (χ4n) is 1.17. The van der Waals surface area contributed by atoms with Crippen molar-refractivity contribution in [2.75, 3.05) is 18.9 Å². The molecule has 0 fully saturated rings. The molecule has 0 aromatic heterocycles. The van der Waals surface area contributed by atoms with Crippen LogP contribution in [0.1, 0.15) is 22.8 Å². The maximum absolute atomic E-state index is 11.5. The molecule has 0 unspecified atom stereocenters. The SMILES string of the molecule is CCOC(=O)c1cc(C#CCN)ccc1N. The number of hydrogen-bond donors (Lipinski definition) is 2. The number of anilines is 1. The van der Waals surface area contributed by atoms with Crippen LogP contribution in [0.15, 0.2) is 18.2 Å². The maximum Gasteiger partial charge on any atom is 0.340 e. The molecule has 4 nitrogen and oxygen atoms in total. The largest absolute Gasteiger partial charge is 0.462 e. The summed E-state index contributed by atoms with van der Waals surface area (Å²) in [6, 6.07) is 4.98. The summed E-state index contributed by atoms with van der Waals surface area (Å²) in [4.78, 5) is 11.5. The highest BCUT2D eigenvalue weighted by Gasteiger charge is 2.10. The molecule has 0 spiro atoms. The molecule has 1 aromatic rings. The Labute approximate surface area is 94.6 Å². The quantitative estimate of drug-likeness (QED) is 0.436. The lowest BCUT2D eigenvalue weighted by Crippen LogP contribution is -2.08. The molecule has 1 aromatic carbocycles. The number of nitrogen functional groups attached to an aromatic ring is 1. The smallest absolute Gasteiger partial charge is 0.340 e. The highest BCUT2D eigenvalue weighted by Crippen LogP contribution is 2.14. The van der Waals surface area contributed by atoms with E-state index in [1.54, 1.807) is 25.1 Å². The first-order valence-electron chi connectivity index (χ1n) is 4.94. The van der Waals surface area contributed by atoms with E-state index in [-0.39, 0.29) is 6.54 Å². The van der Waals surface area contributed by atoms with Crippen molar-refractivity contribution < 1.29 is 9.53 Å². The number of benzene rings is 1. The number of hydrogen-bond acceptors (Lipinski definition) is 4. The van der Waals surface area contributed by atoms with Crippen molar-refractivity contribution in [1.29, 1.82) is 0 Å². The zero-order valence-electron chi connectivity index (χ0n) is 9.12. The Bertz CT molecular complexity index is 444. The predicted octanol–water partition coefficient (Wildman–Crippen LogP) is 0.756. The average molecular weight is 218 g/mol. The summed E-state index contributed by atoms with van der Waals surface area (Å²) in [5.74, 6) is 5.10. The zero-order valence-corrected chi connectivity index (χ0v) is 9.12. The molecule has 0 aliphatic carbocycles. The molecule has 4 N–H and O–H groups in total. The van der Waals surface area contributed by atoms with Crippen molar-refractivity contribution in [2.24, 2.45) is 5.73 Å². The van der Waals surface area contributed by atoms with Crippen molar-refractivity contribution in [1.82, 2.24) is 0 Å². The van der Waals surface area contributed by atoms with Gasteiger partial charge in [0.05, 0.1) is 18.7 Å². The van der Waals surface area contributed by atoms with Crippen LogP contribution in [0.3, 0.4) is 0 Å². The monoisotopic (exact) mass is 218 g/mol. The Morgan fingerprint density at radius 1 is 1.50 bits per heavy atom. The number of ether oxygens (including phenoxy) is 1. The van der Waals surface area contributed by atoms with Gasteiger partial charge in [0.15, 0.2) is 0 Å². The van der Waals surface area contributed by atoms with E-state index in [1.807, 2.05) is 0 Å². The second-order valence-corrected chi connectivity index (χ2v) is 3.03. The molecule has 0 saturated carbocycles. The maximum atomic E-state index is 11.5. The van der Waals surface area contributed by atoms with Gasteiger partial charge in [-0.2, -0.15) is 0 Å². The molecule has 0 aliphatic rings. The molecule has 4 heteroatoms. The number of carbonyl (C=O) groups is 1. The van der Waals surface area contributed by atoms with Crippen molar-refractivity contribution >= 4 is 11.7 Å². The molecule has 84 valence electrons. The van der Waals surface area contributed by atoms with E-state index in [0.29, 0.717) is 23.4 Å². The molecule has 0 saturated heterocycles. The van der Waals surface area contributed by atoms with Crippen LogP contribution < -0.4 is 11.5 Å². The third kappa shape index (κ3) is 3.01. The van der Waals surface area contributed by atoms with E-state index in [4.69, 9.17) is 16.2 Å². The topological polar surface area (TPSA) is 78.3 Å². The Kier molecular flexibility index (Phi) is 4.37. The van der Waals surface area contributed by atoms with Gasteiger partial charge in [0.1, 0.15) is 0 Å². The van der Waals surface area contributed by atoms with Crippen LogP contribution >= 0.6 is 0 Å². The number of rotatable bonds is 2. The second kappa shape index (κ2) is 5.79. The summed E-state index contributed by atoms with van der Waals surface area (Å²) >= 11 is 0. The van der Waals surface area contributed by atoms with E-state index in [2.05, 4.69) is 11.8 Å². The highest BCUT2D eigenvalue weighted by atomic mass is 16.5. The van der Waals surface area contributed by atoms with E-state index in [9.17, 15) is 4.79 Å². The Balaban J connectivity index is 3.03. The molecule has 16 heavy (non-hydrogen) atoms. The lowest BCUT2D eigenvalue weighted by molar-refractivity contribution is 0.0527. The summed E-state index contributed by atoms with van der Waals surface area (Å²) in [6.07, 6.45) is 0. The van der Waals surface area contributed by atoms with Gasteiger partial charge in [-0.3, -0.25) is 0 Å². The van der Waals surface area contributed by atoms with Gasteiger partial charge in [-0.1, -0.05) is 11.8 Å². The van der Waals surface area contributed by atoms with Gasteiger partial charge in [-0.15, -0.1) is 0 Å². The summed E-state index contributed by atoms with van der Waals surface area (Å²) in [5, 5.41) is 0. The second-order valence-electron chi connectivity index (χ2n) is 3.03.